The van der Waals surface area contributed by atoms with Crippen molar-refractivity contribution in [2.75, 3.05) is 13.1 Å². The van der Waals surface area contributed by atoms with Gasteiger partial charge in [-0.3, -0.25) is 9.69 Å². The van der Waals surface area contributed by atoms with E-state index in [1.165, 1.54) is 28.4 Å². The molecule has 0 unspecified atom stereocenters. The van der Waals surface area contributed by atoms with Gasteiger partial charge in [0.2, 0.25) is 0 Å². The first kappa shape index (κ1) is 17.8. The molecule has 1 aliphatic heterocycles. The molecule has 0 spiro atoms. The van der Waals surface area contributed by atoms with Crippen molar-refractivity contribution >= 4 is 11.3 Å². The highest BCUT2D eigenvalue weighted by Crippen LogP contribution is 2.29. The van der Waals surface area contributed by atoms with E-state index in [9.17, 15) is 4.79 Å². The molecule has 0 atom stereocenters. The Morgan fingerprint density at radius 3 is 2.79 bits per heavy atom. The average molecular weight is 397 g/mol. The first-order valence-corrected chi connectivity index (χ1v) is 10.7. The Balaban J connectivity index is 1.23. The zero-order valence-corrected chi connectivity index (χ0v) is 17.1. The lowest BCUT2D eigenvalue weighted by atomic mass is 10.0. The summed E-state index contributed by atoms with van der Waals surface area (Å²) < 4.78 is 3.38. The number of likely N-dealkylation sites (tertiary alicyclic amines) is 1. The largest absolute Gasteiger partial charge is 0.296 e. The normalized spacial score (nSPS) is 17.1. The molecule has 4 heterocycles. The number of fused-ring (bicyclic) bond motifs is 1. The Bertz CT molecular complexity index is 1050. The van der Waals surface area contributed by atoms with Gasteiger partial charge in [-0.2, -0.15) is 5.10 Å². The van der Waals surface area contributed by atoms with E-state index in [0.717, 1.165) is 37.4 Å². The van der Waals surface area contributed by atoms with Crippen LogP contribution in [0.25, 0.3) is 5.82 Å². The second-order valence-electron chi connectivity index (χ2n) is 7.94. The van der Waals surface area contributed by atoms with E-state index in [4.69, 9.17) is 4.98 Å². The number of hydrogen-bond donors (Lipinski definition) is 0. The first-order valence-electron chi connectivity index (χ1n) is 9.87. The highest BCUT2D eigenvalue weighted by Gasteiger charge is 2.29. The van der Waals surface area contributed by atoms with E-state index < -0.39 is 0 Å². The summed E-state index contributed by atoms with van der Waals surface area (Å²) in [4.78, 5) is 21.0. The van der Waals surface area contributed by atoms with Crippen LogP contribution in [0.5, 0.6) is 0 Å². The molecule has 3 aromatic rings. The third-order valence-electron chi connectivity index (χ3n) is 5.54. The van der Waals surface area contributed by atoms with Gasteiger partial charge < -0.3 is 0 Å². The lowest BCUT2D eigenvalue weighted by Gasteiger charge is -2.38. The van der Waals surface area contributed by atoms with Gasteiger partial charge in [0.05, 0.1) is 24.5 Å². The zero-order valence-electron chi connectivity index (χ0n) is 16.3. The molecule has 0 saturated carbocycles. The van der Waals surface area contributed by atoms with Crippen LogP contribution in [0.2, 0.25) is 0 Å². The number of aryl methyl sites for hydroxylation is 4. The van der Waals surface area contributed by atoms with Gasteiger partial charge in [0.25, 0.3) is 5.56 Å². The van der Waals surface area contributed by atoms with E-state index in [0.29, 0.717) is 18.3 Å². The molecule has 0 aromatic carbocycles. The Hall–Kier alpha value is -2.32. The fraction of sp³-hybridized carbons (Fsp3) is 0.500. The van der Waals surface area contributed by atoms with Gasteiger partial charge in [-0.05, 0) is 45.2 Å². The molecule has 28 heavy (non-hydrogen) atoms. The lowest BCUT2D eigenvalue weighted by molar-refractivity contribution is 0.0765. The van der Waals surface area contributed by atoms with E-state index in [1.807, 2.05) is 31.3 Å². The average Bonchev–Trinajstić information content (AvgIpc) is 3.29. The molecule has 0 amide bonds. The standard InChI is InChI=1S/C20H24N6OS/c1-13-8-14(2)26(22-13)18-6-7-20(27)25(23-18)11-15-9-24(10-15)12-19-21-16-4-3-5-17(16)28-19/h6-8,15H,3-5,9-12H2,1-2H3. The Kier molecular flexibility index (Phi) is 4.40. The lowest BCUT2D eigenvalue weighted by Crippen LogP contribution is -2.48. The summed E-state index contributed by atoms with van der Waals surface area (Å²) in [5.41, 5.74) is 3.23. The predicted octanol–water partition coefficient (Wildman–Crippen LogP) is 2.12. The van der Waals surface area contributed by atoms with Crippen molar-refractivity contribution < 1.29 is 0 Å². The van der Waals surface area contributed by atoms with Crippen molar-refractivity contribution in [1.82, 2.24) is 29.4 Å². The molecule has 1 saturated heterocycles. The summed E-state index contributed by atoms with van der Waals surface area (Å²) >= 11 is 1.88. The van der Waals surface area contributed by atoms with Gasteiger partial charge in [-0.1, -0.05) is 0 Å². The third-order valence-corrected chi connectivity index (χ3v) is 6.68. The van der Waals surface area contributed by atoms with Crippen LogP contribution in [-0.4, -0.2) is 42.5 Å². The maximum atomic E-state index is 12.3. The molecular formula is C20H24N6OS. The molecule has 1 fully saturated rings. The monoisotopic (exact) mass is 396 g/mol. The summed E-state index contributed by atoms with van der Waals surface area (Å²) in [7, 11) is 0. The van der Waals surface area contributed by atoms with Crippen LogP contribution in [0.15, 0.2) is 23.0 Å². The number of thiazole rings is 1. The van der Waals surface area contributed by atoms with Gasteiger partial charge in [-0.15, -0.1) is 16.4 Å². The summed E-state index contributed by atoms with van der Waals surface area (Å²) in [5, 5.41) is 10.3. The Morgan fingerprint density at radius 1 is 1.18 bits per heavy atom. The fourth-order valence-electron chi connectivity index (χ4n) is 4.21. The highest BCUT2D eigenvalue weighted by molar-refractivity contribution is 7.11. The first-order chi connectivity index (χ1) is 13.5. The Labute approximate surface area is 167 Å². The minimum absolute atomic E-state index is 0.0555. The zero-order chi connectivity index (χ0) is 19.3. The van der Waals surface area contributed by atoms with Gasteiger partial charge in [0, 0.05) is 35.6 Å². The number of nitrogens with zero attached hydrogens (tertiary/aromatic N) is 6. The topological polar surface area (TPSA) is 68.8 Å². The molecule has 5 rings (SSSR count). The van der Waals surface area contributed by atoms with E-state index in [-0.39, 0.29) is 5.56 Å². The van der Waals surface area contributed by atoms with Gasteiger partial charge in [0.15, 0.2) is 5.82 Å². The molecule has 0 radical (unpaired) electrons. The number of hydrogen-bond acceptors (Lipinski definition) is 6. The van der Waals surface area contributed by atoms with Crippen LogP contribution >= 0.6 is 11.3 Å². The Morgan fingerprint density at radius 2 is 2.04 bits per heavy atom. The predicted molar refractivity (Wildman–Crippen MR) is 108 cm³/mol. The van der Waals surface area contributed by atoms with Crippen molar-refractivity contribution in [2.45, 2.75) is 46.2 Å². The van der Waals surface area contributed by atoms with E-state index in [1.54, 1.807) is 21.5 Å². The van der Waals surface area contributed by atoms with E-state index >= 15 is 0 Å². The molecule has 7 nitrogen and oxygen atoms in total. The minimum Gasteiger partial charge on any atom is -0.296 e. The second kappa shape index (κ2) is 6.93. The number of aromatic nitrogens is 5. The molecule has 1 aliphatic carbocycles. The number of rotatable bonds is 5. The van der Waals surface area contributed by atoms with Crippen LogP contribution < -0.4 is 5.56 Å². The molecule has 0 bridgehead atoms. The summed E-state index contributed by atoms with van der Waals surface area (Å²) in [6, 6.07) is 5.34. The van der Waals surface area contributed by atoms with Crippen LogP contribution in [0.4, 0.5) is 0 Å². The molecule has 2 aliphatic rings. The molecule has 3 aromatic heterocycles. The fourth-order valence-corrected chi connectivity index (χ4v) is 5.41. The summed E-state index contributed by atoms with van der Waals surface area (Å²) in [6.07, 6.45) is 3.61. The second-order valence-corrected chi connectivity index (χ2v) is 9.11. The SMILES string of the molecule is Cc1cc(C)n(-c2ccc(=O)n(CC3CN(Cc4nc5c(s4)CCC5)C3)n2)n1. The van der Waals surface area contributed by atoms with Crippen molar-refractivity contribution in [3.05, 3.63) is 55.5 Å². The molecular weight excluding hydrogens is 372 g/mol. The van der Waals surface area contributed by atoms with Gasteiger partial charge in [-0.25, -0.2) is 14.3 Å². The van der Waals surface area contributed by atoms with Crippen molar-refractivity contribution in [3.8, 4) is 5.82 Å². The van der Waals surface area contributed by atoms with E-state index in [2.05, 4.69) is 15.1 Å². The summed E-state index contributed by atoms with van der Waals surface area (Å²) in [5.74, 6) is 1.14. The minimum atomic E-state index is -0.0555. The highest BCUT2D eigenvalue weighted by atomic mass is 32.1. The van der Waals surface area contributed by atoms with Crippen molar-refractivity contribution in [2.24, 2.45) is 5.92 Å². The smallest absolute Gasteiger partial charge is 0.266 e. The summed E-state index contributed by atoms with van der Waals surface area (Å²) in [6.45, 7) is 7.51. The van der Waals surface area contributed by atoms with Gasteiger partial charge >= 0.3 is 0 Å². The third kappa shape index (κ3) is 3.31. The van der Waals surface area contributed by atoms with Crippen LogP contribution in [0.1, 0.15) is 33.4 Å². The maximum absolute atomic E-state index is 12.3. The van der Waals surface area contributed by atoms with Crippen molar-refractivity contribution in [1.29, 1.82) is 0 Å². The van der Waals surface area contributed by atoms with Crippen LogP contribution in [-0.2, 0) is 25.9 Å². The maximum Gasteiger partial charge on any atom is 0.266 e. The molecule has 146 valence electrons. The molecule has 8 heteroatoms. The quantitative estimate of drug-likeness (QED) is 0.661. The molecule has 0 N–H and O–H groups in total. The van der Waals surface area contributed by atoms with Crippen LogP contribution in [0.3, 0.4) is 0 Å². The van der Waals surface area contributed by atoms with Crippen LogP contribution in [0, 0.1) is 19.8 Å². The van der Waals surface area contributed by atoms with Gasteiger partial charge in [0.1, 0.15) is 5.01 Å². The van der Waals surface area contributed by atoms with Crippen molar-refractivity contribution in [3.63, 3.8) is 0 Å².